The van der Waals surface area contributed by atoms with Gasteiger partial charge in [0.05, 0.1) is 5.60 Å². The Morgan fingerprint density at radius 1 is 0.833 bits per heavy atom. The van der Waals surface area contributed by atoms with Crippen molar-refractivity contribution in [2.24, 2.45) is 0 Å². The second-order valence-corrected chi connectivity index (χ2v) is 9.15. The minimum Gasteiger partial charge on any atom is -0.390 e. The van der Waals surface area contributed by atoms with Crippen molar-refractivity contribution in [3.63, 3.8) is 0 Å². The van der Waals surface area contributed by atoms with Crippen molar-refractivity contribution < 1.29 is 5.11 Å². The number of thioether (sulfide) groups is 1. The maximum atomic E-state index is 10.9. The minimum atomic E-state index is -0.616. The van der Waals surface area contributed by atoms with Gasteiger partial charge in [-0.15, -0.1) is 11.8 Å². The molecule has 0 spiro atoms. The highest BCUT2D eigenvalue weighted by molar-refractivity contribution is 7.99. The van der Waals surface area contributed by atoms with Gasteiger partial charge in [0, 0.05) is 10.5 Å². The molecule has 1 heterocycles. The first-order valence-corrected chi connectivity index (χ1v) is 9.71. The number of hydrogen-bond donors (Lipinski definition) is 1. The lowest BCUT2D eigenvalue weighted by Gasteiger charge is -2.40. The third-order valence-corrected chi connectivity index (χ3v) is 6.62. The summed E-state index contributed by atoms with van der Waals surface area (Å²) in [5, 5.41) is 11.6. The van der Waals surface area contributed by atoms with Gasteiger partial charge in [0.1, 0.15) is 0 Å². The van der Waals surface area contributed by atoms with Crippen LogP contribution in [0, 0.1) is 27.7 Å². The third kappa shape index (κ3) is 3.70. The Hall–Kier alpha value is -1.25. The predicted molar refractivity (Wildman–Crippen MR) is 105 cm³/mol. The summed E-state index contributed by atoms with van der Waals surface area (Å²) in [6.07, 6.45) is 1.64. The molecule has 1 nitrogen and oxygen atoms in total. The summed E-state index contributed by atoms with van der Waals surface area (Å²) in [6.45, 7) is 10.7. The molecular weight excluding hydrogens is 312 g/mol. The van der Waals surface area contributed by atoms with Crippen molar-refractivity contribution >= 4 is 11.8 Å². The Morgan fingerprint density at radius 3 is 1.62 bits per heavy atom. The largest absolute Gasteiger partial charge is 0.390 e. The lowest BCUT2D eigenvalue weighted by molar-refractivity contribution is 0.0364. The first kappa shape index (κ1) is 17.6. The zero-order valence-electron chi connectivity index (χ0n) is 15.4. The highest BCUT2D eigenvalue weighted by Gasteiger charge is 2.38. The van der Waals surface area contributed by atoms with E-state index < -0.39 is 5.60 Å². The maximum absolute atomic E-state index is 10.9. The lowest BCUT2D eigenvalue weighted by Crippen LogP contribution is -2.32. The molecular formula is C22H28OS. The first-order chi connectivity index (χ1) is 11.2. The number of rotatable bonds is 2. The van der Waals surface area contributed by atoms with Crippen LogP contribution in [0.1, 0.15) is 63.6 Å². The van der Waals surface area contributed by atoms with Crippen LogP contribution in [0.4, 0.5) is 0 Å². The standard InChI is InChI=1S/C22H28OS/c1-14-6-8-18(16(3)10-14)20-12-22(5,23)13-21(24-20)19-9-7-15(2)11-17(19)4/h6-11,20-21,23H,12-13H2,1-5H3. The molecule has 1 saturated heterocycles. The molecule has 0 saturated carbocycles. The maximum Gasteiger partial charge on any atom is 0.0647 e. The summed E-state index contributed by atoms with van der Waals surface area (Å²) in [5.74, 6) is 0. The molecule has 2 aromatic carbocycles. The van der Waals surface area contributed by atoms with Crippen LogP contribution in [-0.2, 0) is 0 Å². The van der Waals surface area contributed by atoms with Crippen molar-refractivity contribution in [1.29, 1.82) is 0 Å². The van der Waals surface area contributed by atoms with E-state index in [0.717, 1.165) is 12.8 Å². The van der Waals surface area contributed by atoms with Gasteiger partial charge in [-0.25, -0.2) is 0 Å². The van der Waals surface area contributed by atoms with Crippen LogP contribution in [0.5, 0.6) is 0 Å². The molecule has 2 unspecified atom stereocenters. The molecule has 3 rings (SSSR count). The Kier molecular flexibility index (Phi) is 4.81. The van der Waals surface area contributed by atoms with Gasteiger partial charge in [0.25, 0.3) is 0 Å². The Labute approximate surface area is 150 Å². The molecule has 1 aliphatic rings. The smallest absolute Gasteiger partial charge is 0.0647 e. The summed E-state index contributed by atoms with van der Waals surface area (Å²) in [7, 11) is 0. The summed E-state index contributed by atoms with van der Waals surface area (Å²) in [5.41, 5.74) is 7.41. The van der Waals surface area contributed by atoms with E-state index in [0.29, 0.717) is 10.5 Å². The summed E-state index contributed by atoms with van der Waals surface area (Å²) >= 11 is 2.02. The SMILES string of the molecule is Cc1ccc(C2CC(C)(O)CC(c3ccc(C)cc3C)S2)c(C)c1. The quantitative estimate of drug-likeness (QED) is 0.725. The van der Waals surface area contributed by atoms with E-state index in [4.69, 9.17) is 0 Å². The molecule has 0 radical (unpaired) electrons. The fourth-order valence-electron chi connectivity index (χ4n) is 3.92. The molecule has 0 aromatic heterocycles. The van der Waals surface area contributed by atoms with Crippen LogP contribution >= 0.6 is 11.8 Å². The Bertz CT molecular complexity index is 686. The van der Waals surface area contributed by atoms with E-state index in [-0.39, 0.29) is 0 Å². The van der Waals surface area contributed by atoms with E-state index in [1.807, 2.05) is 18.7 Å². The normalized spacial score (nSPS) is 27.2. The average molecular weight is 341 g/mol. The van der Waals surface area contributed by atoms with Gasteiger partial charge >= 0.3 is 0 Å². The van der Waals surface area contributed by atoms with E-state index in [9.17, 15) is 5.11 Å². The predicted octanol–water partition coefficient (Wildman–Crippen LogP) is 5.98. The number of aryl methyl sites for hydroxylation is 4. The highest BCUT2D eigenvalue weighted by atomic mass is 32.2. The molecule has 24 heavy (non-hydrogen) atoms. The third-order valence-electron chi connectivity index (χ3n) is 5.12. The topological polar surface area (TPSA) is 20.2 Å². The van der Waals surface area contributed by atoms with Crippen LogP contribution < -0.4 is 0 Å². The molecule has 0 bridgehead atoms. The van der Waals surface area contributed by atoms with Crippen molar-refractivity contribution in [1.82, 2.24) is 0 Å². The molecule has 1 fully saturated rings. The van der Waals surface area contributed by atoms with E-state index in [1.54, 1.807) is 0 Å². The molecule has 1 aliphatic heterocycles. The molecule has 1 N–H and O–H groups in total. The van der Waals surface area contributed by atoms with Crippen LogP contribution in [0.3, 0.4) is 0 Å². The van der Waals surface area contributed by atoms with Gasteiger partial charge in [-0.05, 0) is 69.7 Å². The van der Waals surface area contributed by atoms with Gasteiger partial charge in [0.15, 0.2) is 0 Å². The number of aliphatic hydroxyl groups is 1. The molecule has 128 valence electrons. The summed E-state index contributed by atoms with van der Waals surface area (Å²) in [4.78, 5) is 0. The fourth-order valence-corrected chi connectivity index (χ4v) is 6.05. The Balaban J connectivity index is 1.95. The first-order valence-electron chi connectivity index (χ1n) is 8.77. The number of hydrogen-bond acceptors (Lipinski definition) is 2. The number of benzene rings is 2. The van der Waals surface area contributed by atoms with E-state index in [2.05, 4.69) is 64.1 Å². The molecule has 2 aromatic rings. The van der Waals surface area contributed by atoms with Gasteiger partial charge in [-0.3, -0.25) is 0 Å². The summed E-state index contributed by atoms with van der Waals surface area (Å²) in [6, 6.07) is 13.4. The fraction of sp³-hybridized carbons (Fsp3) is 0.455. The van der Waals surface area contributed by atoms with E-state index >= 15 is 0 Å². The zero-order valence-corrected chi connectivity index (χ0v) is 16.2. The summed E-state index contributed by atoms with van der Waals surface area (Å²) < 4.78 is 0. The highest BCUT2D eigenvalue weighted by Crippen LogP contribution is 2.54. The molecule has 0 amide bonds. The van der Waals surface area contributed by atoms with Crippen molar-refractivity contribution in [2.75, 3.05) is 0 Å². The van der Waals surface area contributed by atoms with E-state index in [1.165, 1.54) is 33.4 Å². The molecule has 2 heteroatoms. The van der Waals surface area contributed by atoms with Crippen LogP contribution in [0.2, 0.25) is 0 Å². The Morgan fingerprint density at radius 2 is 1.25 bits per heavy atom. The van der Waals surface area contributed by atoms with Crippen LogP contribution in [0.15, 0.2) is 36.4 Å². The second-order valence-electron chi connectivity index (χ2n) is 7.74. The average Bonchev–Trinajstić information content (AvgIpc) is 2.45. The van der Waals surface area contributed by atoms with Crippen LogP contribution in [0.25, 0.3) is 0 Å². The van der Waals surface area contributed by atoms with Gasteiger partial charge in [0.2, 0.25) is 0 Å². The second kappa shape index (κ2) is 6.57. The van der Waals surface area contributed by atoms with Crippen molar-refractivity contribution in [2.45, 2.75) is 63.6 Å². The monoisotopic (exact) mass is 340 g/mol. The van der Waals surface area contributed by atoms with Gasteiger partial charge < -0.3 is 5.11 Å². The molecule has 0 aliphatic carbocycles. The lowest BCUT2D eigenvalue weighted by atomic mass is 9.87. The van der Waals surface area contributed by atoms with Crippen molar-refractivity contribution in [3.05, 3.63) is 69.8 Å². The minimum absolute atomic E-state index is 0.347. The van der Waals surface area contributed by atoms with Gasteiger partial charge in [-0.1, -0.05) is 47.5 Å². The zero-order chi connectivity index (χ0) is 17.5. The van der Waals surface area contributed by atoms with Crippen molar-refractivity contribution in [3.8, 4) is 0 Å². The molecule has 2 atom stereocenters. The van der Waals surface area contributed by atoms with Gasteiger partial charge in [-0.2, -0.15) is 0 Å². The van der Waals surface area contributed by atoms with Crippen LogP contribution in [-0.4, -0.2) is 10.7 Å².